The average Bonchev–Trinajstić information content (AvgIpc) is 2.37. The summed E-state index contributed by atoms with van der Waals surface area (Å²) in [5.41, 5.74) is 0.420. The van der Waals surface area contributed by atoms with Crippen molar-refractivity contribution in [2.45, 2.75) is 19.9 Å². The zero-order valence-corrected chi connectivity index (χ0v) is 11.2. The average molecular weight is 259 g/mol. The molecule has 2 aromatic carbocycles. The van der Waals surface area contributed by atoms with Crippen molar-refractivity contribution in [3.8, 4) is 11.5 Å². The maximum atomic E-state index is 12.0. The largest absolute Gasteiger partial charge is 0.507 e. The molecule has 0 saturated heterocycles. The van der Waals surface area contributed by atoms with Crippen molar-refractivity contribution in [1.29, 1.82) is 0 Å². The quantitative estimate of drug-likeness (QED) is 0.891. The van der Waals surface area contributed by atoms with Crippen LogP contribution in [0.15, 0.2) is 30.3 Å². The standard InChI is InChI=1S/C15H17NO3/c1-9(2)16-15(18)10-7-12-11(13(17)8-10)5-4-6-14(12)19-3/h4-9,17H,1-3H3,(H,16,18). The molecule has 0 fully saturated rings. The van der Waals surface area contributed by atoms with Gasteiger partial charge in [-0.15, -0.1) is 0 Å². The third-order valence-electron chi connectivity index (χ3n) is 2.84. The highest BCUT2D eigenvalue weighted by Gasteiger charge is 2.12. The molecular formula is C15H17NO3. The van der Waals surface area contributed by atoms with Crippen molar-refractivity contribution in [2.24, 2.45) is 0 Å². The Hall–Kier alpha value is -2.23. The second-order valence-electron chi connectivity index (χ2n) is 4.68. The topological polar surface area (TPSA) is 58.6 Å². The number of phenols is 1. The highest BCUT2D eigenvalue weighted by molar-refractivity contribution is 6.02. The van der Waals surface area contributed by atoms with Crippen molar-refractivity contribution >= 4 is 16.7 Å². The van der Waals surface area contributed by atoms with Crippen LogP contribution in [0.2, 0.25) is 0 Å². The number of carbonyl (C=O) groups is 1. The van der Waals surface area contributed by atoms with E-state index in [2.05, 4.69) is 5.32 Å². The van der Waals surface area contributed by atoms with Gasteiger partial charge in [0.25, 0.3) is 5.91 Å². The van der Waals surface area contributed by atoms with Crippen LogP contribution in [0.5, 0.6) is 11.5 Å². The summed E-state index contributed by atoms with van der Waals surface area (Å²) in [4.78, 5) is 12.0. The van der Waals surface area contributed by atoms with Crippen LogP contribution >= 0.6 is 0 Å². The van der Waals surface area contributed by atoms with Crippen LogP contribution in [-0.4, -0.2) is 24.2 Å². The maximum Gasteiger partial charge on any atom is 0.251 e. The van der Waals surface area contributed by atoms with Crippen molar-refractivity contribution in [3.05, 3.63) is 35.9 Å². The minimum atomic E-state index is -0.210. The first-order valence-corrected chi connectivity index (χ1v) is 6.13. The van der Waals surface area contributed by atoms with Gasteiger partial charge in [0, 0.05) is 22.4 Å². The van der Waals surface area contributed by atoms with Gasteiger partial charge in [0.15, 0.2) is 0 Å². The molecule has 4 heteroatoms. The first-order valence-electron chi connectivity index (χ1n) is 6.13. The summed E-state index contributed by atoms with van der Waals surface area (Å²) in [7, 11) is 1.56. The number of ether oxygens (including phenoxy) is 1. The van der Waals surface area contributed by atoms with Crippen LogP contribution in [-0.2, 0) is 0 Å². The fourth-order valence-electron chi connectivity index (χ4n) is 1.99. The van der Waals surface area contributed by atoms with Gasteiger partial charge in [-0.25, -0.2) is 0 Å². The summed E-state index contributed by atoms with van der Waals surface area (Å²) < 4.78 is 5.26. The van der Waals surface area contributed by atoms with Gasteiger partial charge in [0.1, 0.15) is 11.5 Å². The van der Waals surface area contributed by atoms with E-state index < -0.39 is 0 Å². The zero-order valence-electron chi connectivity index (χ0n) is 11.2. The molecule has 0 atom stereocenters. The first kappa shape index (κ1) is 13.2. The van der Waals surface area contributed by atoms with Crippen LogP contribution < -0.4 is 10.1 Å². The van der Waals surface area contributed by atoms with Gasteiger partial charge in [-0.3, -0.25) is 4.79 Å². The van der Waals surface area contributed by atoms with Crippen LogP contribution in [0.25, 0.3) is 10.8 Å². The van der Waals surface area contributed by atoms with E-state index in [1.165, 1.54) is 6.07 Å². The molecule has 0 aliphatic carbocycles. The van der Waals surface area contributed by atoms with Gasteiger partial charge in [-0.05, 0) is 32.0 Å². The first-order chi connectivity index (χ1) is 9.02. The smallest absolute Gasteiger partial charge is 0.251 e. The lowest BCUT2D eigenvalue weighted by atomic mass is 10.0. The predicted molar refractivity (Wildman–Crippen MR) is 74.8 cm³/mol. The van der Waals surface area contributed by atoms with Crippen molar-refractivity contribution in [2.75, 3.05) is 7.11 Å². The van der Waals surface area contributed by atoms with Crippen molar-refractivity contribution in [3.63, 3.8) is 0 Å². The van der Waals surface area contributed by atoms with Crippen LogP contribution in [0.4, 0.5) is 0 Å². The van der Waals surface area contributed by atoms with E-state index in [4.69, 9.17) is 4.74 Å². The summed E-state index contributed by atoms with van der Waals surface area (Å²) in [6, 6.07) is 8.63. The van der Waals surface area contributed by atoms with E-state index in [1.807, 2.05) is 13.8 Å². The van der Waals surface area contributed by atoms with E-state index >= 15 is 0 Å². The van der Waals surface area contributed by atoms with Gasteiger partial charge in [-0.1, -0.05) is 12.1 Å². The molecule has 0 heterocycles. The third kappa shape index (κ3) is 2.62. The predicted octanol–water partition coefficient (Wildman–Crippen LogP) is 2.69. The highest BCUT2D eigenvalue weighted by Crippen LogP contribution is 2.32. The minimum Gasteiger partial charge on any atom is -0.507 e. The van der Waals surface area contributed by atoms with E-state index in [0.29, 0.717) is 16.7 Å². The number of amides is 1. The van der Waals surface area contributed by atoms with Crippen LogP contribution in [0, 0.1) is 0 Å². The Morgan fingerprint density at radius 2 is 2.00 bits per heavy atom. The molecule has 2 rings (SSSR count). The molecule has 0 aliphatic heterocycles. The summed E-state index contributed by atoms with van der Waals surface area (Å²) in [6.45, 7) is 3.78. The molecule has 0 spiro atoms. The molecule has 0 radical (unpaired) electrons. The Labute approximate surface area is 112 Å². The zero-order chi connectivity index (χ0) is 14.0. The molecule has 0 aliphatic rings. The molecule has 0 bridgehead atoms. The maximum absolute atomic E-state index is 12.0. The Balaban J connectivity index is 2.56. The molecule has 1 amide bonds. The second-order valence-corrected chi connectivity index (χ2v) is 4.68. The molecule has 19 heavy (non-hydrogen) atoms. The molecule has 4 nitrogen and oxygen atoms in total. The number of methoxy groups -OCH3 is 1. The normalized spacial score (nSPS) is 10.7. The molecule has 0 unspecified atom stereocenters. The summed E-state index contributed by atoms with van der Waals surface area (Å²) in [5, 5.41) is 14.2. The summed E-state index contributed by atoms with van der Waals surface area (Å²) in [5.74, 6) is 0.496. The fraction of sp³-hybridized carbons (Fsp3) is 0.267. The Kier molecular flexibility index (Phi) is 3.60. The number of hydrogen-bond donors (Lipinski definition) is 2. The lowest BCUT2D eigenvalue weighted by molar-refractivity contribution is 0.0943. The summed E-state index contributed by atoms with van der Waals surface area (Å²) >= 11 is 0. The van der Waals surface area contributed by atoms with Crippen molar-refractivity contribution < 1.29 is 14.6 Å². The van der Waals surface area contributed by atoms with Crippen molar-refractivity contribution in [1.82, 2.24) is 5.32 Å². The van der Waals surface area contributed by atoms with Gasteiger partial charge in [0.2, 0.25) is 0 Å². The van der Waals surface area contributed by atoms with E-state index in [1.54, 1.807) is 31.4 Å². The number of carbonyl (C=O) groups excluding carboxylic acids is 1. The molecule has 0 aromatic heterocycles. The van der Waals surface area contributed by atoms with E-state index in [-0.39, 0.29) is 17.7 Å². The second kappa shape index (κ2) is 5.18. The highest BCUT2D eigenvalue weighted by atomic mass is 16.5. The van der Waals surface area contributed by atoms with Crippen LogP contribution in [0.3, 0.4) is 0 Å². The molecule has 0 saturated carbocycles. The SMILES string of the molecule is COc1cccc2c(O)cc(C(=O)NC(C)C)cc12. The molecule has 2 N–H and O–H groups in total. The Bertz CT molecular complexity index is 620. The fourth-order valence-corrected chi connectivity index (χ4v) is 1.99. The van der Waals surface area contributed by atoms with Gasteiger partial charge >= 0.3 is 0 Å². The number of nitrogens with one attached hydrogen (secondary N) is 1. The van der Waals surface area contributed by atoms with Gasteiger partial charge in [0.05, 0.1) is 7.11 Å². The third-order valence-corrected chi connectivity index (χ3v) is 2.84. The number of aromatic hydroxyl groups is 1. The van der Waals surface area contributed by atoms with Crippen LogP contribution in [0.1, 0.15) is 24.2 Å². The lowest BCUT2D eigenvalue weighted by Crippen LogP contribution is -2.30. The number of benzene rings is 2. The van der Waals surface area contributed by atoms with Gasteiger partial charge in [-0.2, -0.15) is 0 Å². The van der Waals surface area contributed by atoms with Gasteiger partial charge < -0.3 is 15.2 Å². The molecule has 100 valence electrons. The van der Waals surface area contributed by atoms with E-state index in [9.17, 15) is 9.90 Å². The number of rotatable bonds is 3. The molecule has 2 aromatic rings. The number of fused-ring (bicyclic) bond motifs is 1. The number of hydrogen-bond acceptors (Lipinski definition) is 3. The number of phenolic OH excluding ortho intramolecular Hbond substituents is 1. The minimum absolute atomic E-state index is 0.0445. The monoisotopic (exact) mass is 259 g/mol. The van der Waals surface area contributed by atoms with E-state index in [0.717, 1.165) is 5.39 Å². The lowest BCUT2D eigenvalue weighted by Gasteiger charge is -2.11. The summed E-state index contributed by atoms with van der Waals surface area (Å²) in [6.07, 6.45) is 0. The molecular weight excluding hydrogens is 242 g/mol. The Morgan fingerprint density at radius 1 is 1.26 bits per heavy atom. The Morgan fingerprint density at radius 3 is 2.63 bits per heavy atom.